The van der Waals surface area contributed by atoms with Gasteiger partial charge in [0, 0.05) is 0 Å². The van der Waals surface area contributed by atoms with E-state index < -0.39 is 0 Å². The number of aldehydes is 1. The largest absolute Gasteiger partial charge is 0.507 e. The summed E-state index contributed by atoms with van der Waals surface area (Å²) >= 11 is 0. The molecule has 3 heteroatoms. The van der Waals surface area contributed by atoms with Gasteiger partial charge in [-0.3, -0.25) is 4.79 Å². The smallest absolute Gasteiger partial charge is 0.153 e. The number of phenols is 1. The fourth-order valence-electron chi connectivity index (χ4n) is 2.08. The van der Waals surface area contributed by atoms with E-state index >= 15 is 0 Å². The van der Waals surface area contributed by atoms with Gasteiger partial charge in [0.05, 0.1) is 11.7 Å². The van der Waals surface area contributed by atoms with Crippen molar-refractivity contribution in [3.63, 3.8) is 0 Å². The van der Waals surface area contributed by atoms with Gasteiger partial charge in [-0.1, -0.05) is 6.42 Å². The van der Waals surface area contributed by atoms with Gasteiger partial charge in [-0.05, 0) is 43.9 Å². The number of carbonyl (C=O) groups excluding carboxylic acids is 1. The van der Waals surface area contributed by atoms with Gasteiger partial charge in [0.2, 0.25) is 0 Å². The monoisotopic (exact) mass is 220 g/mol. The summed E-state index contributed by atoms with van der Waals surface area (Å²) in [6.45, 7) is 0. The highest BCUT2D eigenvalue weighted by molar-refractivity contribution is 5.79. The molecule has 0 bridgehead atoms. The second-order valence-corrected chi connectivity index (χ2v) is 4.22. The van der Waals surface area contributed by atoms with Gasteiger partial charge in [-0.2, -0.15) is 0 Å². The molecule has 1 fully saturated rings. The number of hydrogen-bond acceptors (Lipinski definition) is 3. The van der Waals surface area contributed by atoms with Gasteiger partial charge in [0.1, 0.15) is 11.5 Å². The fourth-order valence-corrected chi connectivity index (χ4v) is 2.08. The Morgan fingerprint density at radius 3 is 2.69 bits per heavy atom. The molecule has 16 heavy (non-hydrogen) atoms. The molecule has 0 aliphatic heterocycles. The summed E-state index contributed by atoms with van der Waals surface area (Å²) < 4.78 is 5.78. The number of aromatic hydroxyl groups is 1. The average Bonchev–Trinajstić information content (AvgIpc) is 2.33. The Kier molecular flexibility index (Phi) is 3.44. The summed E-state index contributed by atoms with van der Waals surface area (Å²) in [6.07, 6.45) is 6.78. The predicted octanol–water partition coefficient (Wildman–Crippen LogP) is 2.92. The molecule has 1 saturated carbocycles. The first kappa shape index (κ1) is 11.0. The molecule has 0 unspecified atom stereocenters. The van der Waals surface area contributed by atoms with Crippen molar-refractivity contribution < 1.29 is 14.6 Å². The maximum Gasteiger partial charge on any atom is 0.153 e. The van der Waals surface area contributed by atoms with E-state index in [9.17, 15) is 9.90 Å². The van der Waals surface area contributed by atoms with Crippen molar-refractivity contribution in [2.75, 3.05) is 0 Å². The van der Waals surface area contributed by atoms with Crippen molar-refractivity contribution in [3.05, 3.63) is 23.8 Å². The lowest BCUT2D eigenvalue weighted by atomic mass is 9.98. The number of benzene rings is 1. The van der Waals surface area contributed by atoms with Crippen LogP contribution in [0.4, 0.5) is 0 Å². The molecule has 0 spiro atoms. The first-order valence-electron chi connectivity index (χ1n) is 5.74. The van der Waals surface area contributed by atoms with Crippen molar-refractivity contribution in [1.82, 2.24) is 0 Å². The number of phenolic OH excluding ortho intramolecular Hbond substituents is 1. The lowest BCUT2D eigenvalue weighted by Gasteiger charge is -2.23. The van der Waals surface area contributed by atoms with Crippen molar-refractivity contribution in [2.24, 2.45) is 0 Å². The third-order valence-corrected chi connectivity index (χ3v) is 2.98. The molecule has 2 rings (SSSR count). The van der Waals surface area contributed by atoms with E-state index in [2.05, 4.69) is 0 Å². The van der Waals surface area contributed by atoms with Crippen molar-refractivity contribution >= 4 is 6.29 Å². The van der Waals surface area contributed by atoms with Crippen LogP contribution in [0.1, 0.15) is 42.5 Å². The van der Waals surface area contributed by atoms with Crippen molar-refractivity contribution in [2.45, 2.75) is 38.2 Å². The number of ether oxygens (including phenoxy) is 1. The molecular weight excluding hydrogens is 204 g/mol. The summed E-state index contributed by atoms with van der Waals surface area (Å²) in [4.78, 5) is 10.7. The van der Waals surface area contributed by atoms with Crippen LogP contribution in [0, 0.1) is 0 Å². The van der Waals surface area contributed by atoms with Crippen LogP contribution in [0.5, 0.6) is 11.5 Å². The Balaban J connectivity index is 2.05. The second kappa shape index (κ2) is 5.01. The summed E-state index contributed by atoms with van der Waals surface area (Å²) in [7, 11) is 0. The third kappa shape index (κ3) is 2.54. The minimum absolute atomic E-state index is 0.00555. The second-order valence-electron chi connectivity index (χ2n) is 4.22. The highest BCUT2D eigenvalue weighted by atomic mass is 16.5. The molecule has 0 radical (unpaired) electrons. The number of carbonyl (C=O) groups is 1. The van der Waals surface area contributed by atoms with Gasteiger partial charge in [0.25, 0.3) is 0 Å². The van der Waals surface area contributed by atoms with Gasteiger partial charge in [0.15, 0.2) is 6.29 Å². The molecule has 3 nitrogen and oxygen atoms in total. The van der Waals surface area contributed by atoms with Crippen LogP contribution in [0.3, 0.4) is 0 Å². The van der Waals surface area contributed by atoms with Crippen LogP contribution in [0.2, 0.25) is 0 Å². The summed E-state index contributed by atoms with van der Waals surface area (Å²) in [5, 5.41) is 9.35. The molecule has 1 N–H and O–H groups in total. The van der Waals surface area contributed by atoms with Gasteiger partial charge in [-0.25, -0.2) is 0 Å². The standard InChI is InChI=1S/C13H16O3/c14-9-10-8-12(6-7-13(10)15)16-11-4-2-1-3-5-11/h6-9,11,15H,1-5H2. The van der Waals surface area contributed by atoms with Crippen molar-refractivity contribution in [3.8, 4) is 11.5 Å². The molecule has 0 atom stereocenters. The van der Waals surface area contributed by atoms with E-state index in [4.69, 9.17) is 4.74 Å². The number of rotatable bonds is 3. The molecule has 1 aromatic carbocycles. The Labute approximate surface area is 95.0 Å². The first-order valence-corrected chi connectivity index (χ1v) is 5.74. The minimum atomic E-state index is 0.00555. The molecule has 1 aliphatic rings. The fraction of sp³-hybridized carbons (Fsp3) is 0.462. The molecule has 0 heterocycles. The van der Waals surface area contributed by atoms with Crippen LogP contribution in [0.25, 0.3) is 0 Å². The van der Waals surface area contributed by atoms with E-state index in [0.29, 0.717) is 12.0 Å². The van der Waals surface area contributed by atoms with E-state index in [1.54, 1.807) is 12.1 Å². The molecular formula is C13H16O3. The number of hydrogen-bond donors (Lipinski definition) is 1. The summed E-state index contributed by atoms with van der Waals surface area (Å²) in [5.41, 5.74) is 0.285. The van der Waals surface area contributed by atoms with E-state index in [0.717, 1.165) is 12.8 Å². The highest BCUT2D eigenvalue weighted by Gasteiger charge is 2.15. The van der Waals surface area contributed by atoms with Crippen LogP contribution in [-0.4, -0.2) is 17.5 Å². The zero-order chi connectivity index (χ0) is 11.4. The van der Waals surface area contributed by atoms with Crippen LogP contribution in [0.15, 0.2) is 18.2 Å². The summed E-state index contributed by atoms with van der Waals surface area (Å²) in [5.74, 6) is 0.679. The maximum atomic E-state index is 10.7. The van der Waals surface area contributed by atoms with E-state index in [1.807, 2.05) is 0 Å². The quantitative estimate of drug-likeness (QED) is 0.797. The van der Waals surface area contributed by atoms with Crippen molar-refractivity contribution in [1.29, 1.82) is 0 Å². The predicted molar refractivity (Wildman–Crippen MR) is 61.0 cm³/mol. The van der Waals surface area contributed by atoms with Gasteiger partial charge >= 0.3 is 0 Å². The Bertz CT molecular complexity index is 367. The zero-order valence-electron chi connectivity index (χ0n) is 9.19. The van der Waals surface area contributed by atoms with E-state index in [1.165, 1.54) is 25.3 Å². The lowest BCUT2D eigenvalue weighted by molar-refractivity contribution is 0.111. The van der Waals surface area contributed by atoms with Gasteiger partial charge in [-0.15, -0.1) is 0 Å². The molecule has 0 saturated heterocycles. The topological polar surface area (TPSA) is 46.5 Å². The van der Waals surface area contributed by atoms with Crippen LogP contribution < -0.4 is 4.74 Å². The maximum absolute atomic E-state index is 10.7. The summed E-state index contributed by atoms with van der Waals surface area (Å²) in [6, 6.07) is 4.80. The normalized spacial score (nSPS) is 17.0. The van der Waals surface area contributed by atoms with Gasteiger partial charge < -0.3 is 9.84 Å². The minimum Gasteiger partial charge on any atom is -0.507 e. The highest BCUT2D eigenvalue weighted by Crippen LogP contribution is 2.26. The Morgan fingerprint density at radius 2 is 2.00 bits per heavy atom. The van der Waals surface area contributed by atoms with Crippen LogP contribution in [-0.2, 0) is 0 Å². The molecule has 1 aromatic rings. The molecule has 1 aliphatic carbocycles. The molecule has 86 valence electrons. The lowest BCUT2D eigenvalue weighted by Crippen LogP contribution is -2.19. The Morgan fingerprint density at radius 1 is 1.25 bits per heavy atom. The molecule has 0 aromatic heterocycles. The molecule has 0 amide bonds. The first-order chi connectivity index (χ1) is 7.79. The SMILES string of the molecule is O=Cc1cc(OC2CCCCC2)ccc1O. The zero-order valence-corrected chi connectivity index (χ0v) is 9.19. The Hall–Kier alpha value is -1.51. The van der Waals surface area contributed by atoms with Crippen LogP contribution >= 0.6 is 0 Å². The van der Waals surface area contributed by atoms with E-state index in [-0.39, 0.29) is 17.4 Å². The third-order valence-electron chi connectivity index (χ3n) is 2.98. The average molecular weight is 220 g/mol.